The molecule has 0 amide bonds. The third kappa shape index (κ3) is 2.89. The summed E-state index contributed by atoms with van der Waals surface area (Å²) in [6, 6.07) is 0. The fraction of sp³-hybridized carbons (Fsp3) is 0.636. The molecule has 2 heterocycles. The normalized spacial score (nSPS) is 19.4. The quantitative estimate of drug-likeness (QED) is 0.851. The molecule has 1 atom stereocenters. The number of anilines is 1. The van der Waals surface area contributed by atoms with E-state index in [1.807, 2.05) is 6.92 Å². The monoisotopic (exact) mass is 319 g/mol. The van der Waals surface area contributed by atoms with E-state index >= 15 is 0 Å². The zero-order chi connectivity index (χ0) is 12.4. The van der Waals surface area contributed by atoms with Crippen LogP contribution in [0.3, 0.4) is 0 Å². The maximum absolute atomic E-state index is 9.56. The van der Waals surface area contributed by atoms with Crippen molar-refractivity contribution in [3.63, 3.8) is 0 Å². The highest BCUT2D eigenvalue weighted by Gasteiger charge is 2.24. The average molecular weight is 321 g/mol. The summed E-state index contributed by atoms with van der Waals surface area (Å²) in [5, 5.41) is 10.00. The maximum atomic E-state index is 9.56. The van der Waals surface area contributed by atoms with Crippen LogP contribution >= 0.6 is 27.5 Å². The molecule has 1 unspecified atom stereocenters. The lowest BCUT2D eigenvalue weighted by atomic mass is 9.92. The van der Waals surface area contributed by atoms with E-state index in [4.69, 9.17) is 11.6 Å². The van der Waals surface area contributed by atoms with Crippen LogP contribution in [0.1, 0.15) is 19.8 Å². The van der Waals surface area contributed by atoms with Gasteiger partial charge in [-0.15, -0.1) is 0 Å². The molecule has 94 valence electrons. The zero-order valence-electron chi connectivity index (χ0n) is 9.61. The topological polar surface area (TPSA) is 49.2 Å². The minimum Gasteiger partial charge on any atom is -0.393 e. The Morgan fingerprint density at radius 3 is 2.71 bits per heavy atom. The van der Waals surface area contributed by atoms with E-state index in [9.17, 15) is 5.11 Å². The first-order valence-corrected chi connectivity index (χ1v) is 6.85. The molecule has 1 aromatic heterocycles. The van der Waals surface area contributed by atoms with Crippen molar-refractivity contribution in [3.05, 3.63) is 16.0 Å². The predicted molar refractivity (Wildman–Crippen MR) is 71.4 cm³/mol. The Balaban J connectivity index is 2.08. The number of aliphatic hydroxyl groups excluding tert-OH is 1. The maximum Gasteiger partial charge on any atom is 0.148 e. The van der Waals surface area contributed by atoms with Gasteiger partial charge in [0.15, 0.2) is 0 Å². The van der Waals surface area contributed by atoms with Crippen LogP contribution in [0, 0.1) is 5.92 Å². The molecule has 1 N–H and O–H groups in total. The Hall–Kier alpha value is -0.390. The molecular formula is C11H15BrClN3O. The summed E-state index contributed by atoms with van der Waals surface area (Å²) in [5.74, 6) is 1.23. The number of hydrogen-bond donors (Lipinski definition) is 1. The molecule has 0 aliphatic carbocycles. The molecule has 1 aliphatic rings. The minimum atomic E-state index is -0.227. The third-order valence-corrected chi connectivity index (χ3v) is 4.49. The summed E-state index contributed by atoms with van der Waals surface area (Å²) in [7, 11) is 0. The zero-order valence-corrected chi connectivity index (χ0v) is 11.9. The Morgan fingerprint density at radius 1 is 1.47 bits per heavy atom. The Labute approximate surface area is 114 Å². The average Bonchev–Trinajstić information content (AvgIpc) is 2.33. The molecule has 1 aromatic rings. The highest BCUT2D eigenvalue weighted by molar-refractivity contribution is 9.10. The van der Waals surface area contributed by atoms with E-state index < -0.39 is 0 Å². The highest BCUT2D eigenvalue weighted by Crippen LogP contribution is 2.32. The molecule has 0 saturated carbocycles. The molecule has 2 rings (SSSR count). The van der Waals surface area contributed by atoms with Gasteiger partial charge in [0.2, 0.25) is 0 Å². The fourth-order valence-corrected chi connectivity index (χ4v) is 2.74. The van der Waals surface area contributed by atoms with E-state index in [1.54, 1.807) is 0 Å². The van der Waals surface area contributed by atoms with Crippen LogP contribution in [0.5, 0.6) is 0 Å². The summed E-state index contributed by atoms with van der Waals surface area (Å²) >= 11 is 9.36. The molecule has 0 aromatic carbocycles. The number of rotatable bonds is 2. The summed E-state index contributed by atoms with van der Waals surface area (Å²) in [5.41, 5.74) is 0. The van der Waals surface area contributed by atoms with Crippen molar-refractivity contribution in [1.82, 2.24) is 9.97 Å². The second-order valence-electron chi connectivity index (χ2n) is 4.37. The van der Waals surface area contributed by atoms with Gasteiger partial charge in [-0.05, 0) is 41.6 Å². The van der Waals surface area contributed by atoms with Crippen molar-refractivity contribution in [2.24, 2.45) is 5.92 Å². The lowest BCUT2D eigenvalue weighted by molar-refractivity contribution is 0.109. The van der Waals surface area contributed by atoms with Gasteiger partial charge in [-0.1, -0.05) is 11.6 Å². The smallest absolute Gasteiger partial charge is 0.148 e. The van der Waals surface area contributed by atoms with E-state index in [2.05, 4.69) is 30.8 Å². The van der Waals surface area contributed by atoms with Gasteiger partial charge in [0, 0.05) is 13.1 Å². The van der Waals surface area contributed by atoms with Crippen LogP contribution in [-0.2, 0) is 0 Å². The molecule has 0 radical (unpaired) electrons. The van der Waals surface area contributed by atoms with Gasteiger partial charge in [-0.2, -0.15) is 0 Å². The summed E-state index contributed by atoms with van der Waals surface area (Å²) in [6.45, 7) is 3.64. The molecule has 6 heteroatoms. The van der Waals surface area contributed by atoms with Gasteiger partial charge in [-0.25, -0.2) is 9.97 Å². The van der Waals surface area contributed by atoms with Gasteiger partial charge in [-0.3, -0.25) is 0 Å². The van der Waals surface area contributed by atoms with Crippen molar-refractivity contribution in [3.8, 4) is 0 Å². The van der Waals surface area contributed by atoms with Crippen LogP contribution in [0.2, 0.25) is 5.15 Å². The van der Waals surface area contributed by atoms with Crippen LogP contribution in [0.4, 0.5) is 5.82 Å². The second-order valence-corrected chi connectivity index (χ2v) is 5.52. The lowest BCUT2D eigenvalue weighted by Crippen LogP contribution is -2.37. The first-order valence-electron chi connectivity index (χ1n) is 5.68. The first kappa shape index (κ1) is 13.1. The SMILES string of the molecule is CC(O)C1CCN(c2ncnc(Cl)c2Br)CC1. The molecule has 1 fully saturated rings. The Kier molecular flexibility index (Phi) is 4.22. The van der Waals surface area contributed by atoms with E-state index in [-0.39, 0.29) is 6.10 Å². The molecule has 0 spiro atoms. The highest BCUT2D eigenvalue weighted by atomic mass is 79.9. The molecular weight excluding hydrogens is 305 g/mol. The molecule has 4 nitrogen and oxygen atoms in total. The van der Waals surface area contributed by atoms with Crippen LogP contribution in [-0.4, -0.2) is 34.3 Å². The van der Waals surface area contributed by atoms with Crippen LogP contribution in [0.25, 0.3) is 0 Å². The Morgan fingerprint density at radius 2 is 2.12 bits per heavy atom. The number of hydrogen-bond acceptors (Lipinski definition) is 4. The summed E-state index contributed by atoms with van der Waals surface area (Å²) in [6.07, 6.45) is 3.20. The molecule has 1 saturated heterocycles. The predicted octanol–water partition coefficient (Wildman–Crippen LogP) is 2.49. The van der Waals surface area contributed by atoms with Crippen molar-refractivity contribution >= 4 is 33.3 Å². The largest absolute Gasteiger partial charge is 0.393 e. The van der Waals surface area contributed by atoms with Crippen molar-refractivity contribution in [1.29, 1.82) is 0 Å². The second kappa shape index (κ2) is 5.50. The van der Waals surface area contributed by atoms with Crippen LogP contribution < -0.4 is 4.90 Å². The van der Waals surface area contributed by atoms with E-state index in [1.165, 1.54) is 6.33 Å². The number of aromatic nitrogens is 2. The van der Waals surface area contributed by atoms with Gasteiger partial charge in [0.05, 0.1) is 10.6 Å². The molecule has 0 bridgehead atoms. The van der Waals surface area contributed by atoms with Crippen molar-refractivity contribution in [2.75, 3.05) is 18.0 Å². The van der Waals surface area contributed by atoms with Gasteiger partial charge in [0.1, 0.15) is 17.3 Å². The third-order valence-electron chi connectivity index (χ3n) is 3.25. The lowest BCUT2D eigenvalue weighted by Gasteiger charge is -2.34. The number of aliphatic hydroxyl groups is 1. The fourth-order valence-electron chi connectivity index (χ4n) is 2.15. The Bertz CT molecular complexity index is 394. The van der Waals surface area contributed by atoms with Crippen molar-refractivity contribution < 1.29 is 5.11 Å². The van der Waals surface area contributed by atoms with Crippen molar-refractivity contribution in [2.45, 2.75) is 25.9 Å². The van der Waals surface area contributed by atoms with E-state index in [0.29, 0.717) is 11.1 Å². The van der Waals surface area contributed by atoms with Gasteiger partial charge >= 0.3 is 0 Å². The van der Waals surface area contributed by atoms with E-state index in [0.717, 1.165) is 36.2 Å². The van der Waals surface area contributed by atoms with Crippen LogP contribution in [0.15, 0.2) is 10.8 Å². The summed E-state index contributed by atoms with van der Waals surface area (Å²) < 4.78 is 0.747. The van der Waals surface area contributed by atoms with Gasteiger partial charge in [0.25, 0.3) is 0 Å². The molecule has 17 heavy (non-hydrogen) atoms. The summed E-state index contributed by atoms with van der Waals surface area (Å²) in [4.78, 5) is 10.3. The molecule has 1 aliphatic heterocycles. The standard InChI is InChI=1S/C11H15BrClN3O/c1-7(17)8-2-4-16(5-3-8)11-9(12)10(13)14-6-15-11/h6-8,17H,2-5H2,1H3. The first-order chi connectivity index (χ1) is 8.09. The number of piperidine rings is 1. The minimum absolute atomic E-state index is 0.227. The number of halogens is 2. The van der Waals surface area contributed by atoms with Gasteiger partial charge < -0.3 is 10.0 Å². The number of nitrogens with zero attached hydrogens (tertiary/aromatic N) is 3.